The van der Waals surface area contributed by atoms with Crippen molar-refractivity contribution >= 4 is 10.0 Å². The van der Waals surface area contributed by atoms with Gasteiger partial charge in [-0.1, -0.05) is 6.92 Å². The Morgan fingerprint density at radius 3 is 2.53 bits per heavy atom. The van der Waals surface area contributed by atoms with E-state index in [0.717, 1.165) is 32.5 Å². The molecule has 6 heteroatoms. The largest absolute Gasteiger partial charge is 0.396 e. The second kappa shape index (κ2) is 7.31. The third-order valence-corrected chi connectivity index (χ3v) is 4.75. The molecule has 0 aliphatic carbocycles. The maximum atomic E-state index is 11.5. The van der Waals surface area contributed by atoms with Crippen LogP contribution in [0.3, 0.4) is 0 Å². The van der Waals surface area contributed by atoms with Gasteiger partial charge in [-0.15, -0.1) is 0 Å². The first-order chi connectivity index (χ1) is 8.07. The van der Waals surface area contributed by atoms with Crippen molar-refractivity contribution in [3.63, 3.8) is 0 Å². The SMILES string of the molecule is CCN1CCC(CNS(=O)(=O)CCCO)CC1. The summed E-state index contributed by atoms with van der Waals surface area (Å²) in [5.74, 6) is 0.485. The van der Waals surface area contributed by atoms with Crippen molar-refractivity contribution in [2.24, 2.45) is 5.92 Å². The summed E-state index contributed by atoms with van der Waals surface area (Å²) in [5, 5.41) is 8.61. The summed E-state index contributed by atoms with van der Waals surface area (Å²) < 4.78 is 25.7. The molecule has 0 bridgehead atoms. The van der Waals surface area contributed by atoms with Gasteiger partial charge in [0.2, 0.25) is 10.0 Å². The minimum atomic E-state index is -3.19. The van der Waals surface area contributed by atoms with E-state index in [1.165, 1.54) is 0 Å². The predicted octanol–water partition coefficient (Wildman–Crippen LogP) is 0.0201. The van der Waals surface area contributed by atoms with Crippen LogP contribution in [0.4, 0.5) is 0 Å². The molecule has 0 aromatic heterocycles. The average molecular weight is 264 g/mol. The third-order valence-electron chi connectivity index (χ3n) is 3.32. The summed E-state index contributed by atoms with van der Waals surface area (Å²) in [6, 6.07) is 0. The Morgan fingerprint density at radius 1 is 1.35 bits per heavy atom. The van der Waals surface area contributed by atoms with Gasteiger partial charge >= 0.3 is 0 Å². The van der Waals surface area contributed by atoms with Crippen LogP contribution in [0.1, 0.15) is 26.2 Å². The molecule has 0 amide bonds. The van der Waals surface area contributed by atoms with Gasteiger partial charge in [0, 0.05) is 13.2 Å². The fraction of sp³-hybridized carbons (Fsp3) is 1.00. The summed E-state index contributed by atoms with van der Waals surface area (Å²) in [6.07, 6.45) is 2.44. The Bertz CT molecular complexity index is 298. The first-order valence-electron chi connectivity index (χ1n) is 6.38. The second-order valence-electron chi connectivity index (χ2n) is 4.62. The molecular formula is C11H24N2O3S. The zero-order chi connectivity index (χ0) is 12.7. The van der Waals surface area contributed by atoms with E-state index in [1.54, 1.807) is 0 Å². The third kappa shape index (κ3) is 5.81. The molecule has 0 aromatic carbocycles. The molecule has 0 atom stereocenters. The highest BCUT2D eigenvalue weighted by molar-refractivity contribution is 7.89. The molecule has 0 radical (unpaired) electrons. The van der Waals surface area contributed by atoms with E-state index in [9.17, 15) is 8.42 Å². The Labute approximate surface area is 104 Å². The molecule has 17 heavy (non-hydrogen) atoms. The Balaban J connectivity index is 2.23. The number of sulfonamides is 1. The predicted molar refractivity (Wildman–Crippen MR) is 68.3 cm³/mol. The quantitative estimate of drug-likeness (QED) is 0.680. The highest BCUT2D eigenvalue weighted by Gasteiger charge is 2.19. The average Bonchev–Trinajstić information content (AvgIpc) is 2.35. The normalized spacial score (nSPS) is 19.6. The van der Waals surface area contributed by atoms with Crippen LogP contribution in [-0.2, 0) is 10.0 Å². The van der Waals surface area contributed by atoms with Crippen molar-refractivity contribution in [3.05, 3.63) is 0 Å². The molecule has 2 N–H and O–H groups in total. The topological polar surface area (TPSA) is 69.6 Å². The highest BCUT2D eigenvalue weighted by atomic mass is 32.2. The van der Waals surface area contributed by atoms with E-state index in [0.29, 0.717) is 18.9 Å². The Kier molecular flexibility index (Phi) is 6.40. The van der Waals surface area contributed by atoms with Crippen LogP contribution < -0.4 is 4.72 Å². The van der Waals surface area contributed by atoms with Gasteiger partial charge in [-0.25, -0.2) is 13.1 Å². The number of aliphatic hydroxyl groups is 1. The molecule has 0 unspecified atom stereocenters. The molecule has 102 valence electrons. The lowest BCUT2D eigenvalue weighted by molar-refractivity contribution is 0.193. The summed E-state index contributed by atoms with van der Waals surface area (Å²) in [7, 11) is -3.19. The molecule has 0 aromatic rings. The van der Waals surface area contributed by atoms with Crippen molar-refractivity contribution in [3.8, 4) is 0 Å². The molecular weight excluding hydrogens is 240 g/mol. The minimum absolute atomic E-state index is 0.0251. The number of aliphatic hydroxyl groups excluding tert-OH is 1. The molecule has 1 heterocycles. The lowest BCUT2D eigenvalue weighted by Crippen LogP contribution is -2.39. The number of nitrogens with zero attached hydrogens (tertiary/aromatic N) is 1. The van der Waals surface area contributed by atoms with Crippen molar-refractivity contribution in [2.75, 3.05) is 38.5 Å². The molecule has 0 saturated carbocycles. The van der Waals surface area contributed by atoms with Gasteiger partial charge in [0.1, 0.15) is 0 Å². The second-order valence-corrected chi connectivity index (χ2v) is 6.55. The molecule has 0 spiro atoms. The molecule has 1 rings (SSSR count). The standard InChI is InChI=1S/C11H24N2O3S/c1-2-13-6-4-11(5-7-13)10-12-17(15,16)9-3-8-14/h11-12,14H,2-10H2,1H3. The number of hydrogen-bond acceptors (Lipinski definition) is 4. The van der Waals surface area contributed by atoms with Gasteiger partial charge in [-0.3, -0.25) is 0 Å². The zero-order valence-corrected chi connectivity index (χ0v) is 11.4. The van der Waals surface area contributed by atoms with Crippen molar-refractivity contribution in [2.45, 2.75) is 26.2 Å². The number of nitrogens with one attached hydrogen (secondary N) is 1. The molecule has 1 saturated heterocycles. The first-order valence-corrected chi connectivity index (χ1v) is 8.03. The Hall–Kier alpha value is -0.170. The van der Waals surface area contributed by atoms with Crippen molar-refractivity contribution < 1.29 is 13.5 Å². The molecule has 1 aliphatic rings. The van der Waals surface area contributed by atoms with E-state index in [4.69, 9.17) is 5.11 Å². The fourth-order valence-electron chi connectivity index (χ4n) is 2.08. The van der Waals surface area contributed by atoms with Crippen LogP contribution in [0.15, 0.2) is 0 Å². The lowest BCUT2D eigenvalue weighted by Gasteiger charge is -2.30. The van der Waals surface area contributed by atoms with Crippen LogP contribution in [0, 0.1) is 5.92 Å². The lowest BCUT2D eigenvalue weighted by atomic mass is 9.97. The van der Waals surface area contributed by atoms with Crippen LogP contribution >= 0.6 is 0 Å². The fourth-order valence-corrected chi connectivity index (χ4v) is 3.22. The maximum absolute atomic E-state index is 11.5. The Morgan fingerprint density at radius 2 is 2.00 bits per heavy atom. The molecule has 1 aliphatic heterocycles. The number of hydrogen-bond donors (Lipinski definition) is 2. The molecule has 1 fully saturated rings. The monoisotopic (exact) mass is 264 g/mol. The van der Waals surface area contributed by atoms with Gasteiger partial charge in [0.05, 0.1) is 5.75 Å². The first kappa shape index (κ1) is 14.9. The van der Waals surface area contributed by atoms with E-state index in [2.05, 4.69) is 16.5 Å². The van der Waals surface area contributed by atoms with E-state index >= 15 is 0 Å². The van der Waals surface area contributed by atoms with Crippen LogP contribution in [0.2, 0.25) is 0 Å². The highest BCUT2D eigenvalue weighted by Crippen LogP contribution is 2.16. The van der Waals surface area contributed by atoms with Crippen LogP contribution in [-0.4, -0.2) is 57.0 Å². The summed E-state index contributed by atoms with van der Waals surface area (Å²) in [4.78, 5) is 2.39. The minimum Gasteiger partial charge on any atom is -0.396 e. The van der Waals surface area contributed by atoms with E-state index < -0.39 is 10.0 Å². The number of likely N-dealkylation sites (tertiary alicyclic amines) is 1. The summed E-state index contributed by atoms with van der Waals surface area (Å²) >= 11 is 0. The summed E-state index contributed by atoms with van der Waals surface area (Å²) in [5.41, 5.74) is 0. The number of rotatable bonds is 7. The van der Waals surface area contributed by atoms with Crippen molar-refractivity contribution in [1.82, 2.24) is 9.62 Å². The van der Waals surface area contributed by atoms with Gasteiger partial charge < -0.3 is 10.0 Å². The van der Waals surface area contributed by atoms with Gasteiger partial charge in [0.25, 0.3) is 0 Å². The van der Waals surface area contributed by atoms with Crippen molar-refractivity contribution in [1.29, 1.82) is 0 Å². The van der Waals surface area contributed by atoms with E-state index in [-0.39, 0.29) is 12.4 Å². The smallest absolute Gasteiger partial charge is 0.211 e. The molecule has 5 nitrogen and oxygen atoms in total. The zero-order valence-electron chi connectivity index (χ0n) is 10.6. The number of piperidine rings is 1. The van der Waals surface area contributed by atoms with Crippen LogP contribution in [0.5, 0.6) is 0 Å². The van der Waals surface area contributed by atoms with Gasteiger partial charge in [-0.2, -0.15) is 0 Å². The van der Waals surface area contributed by atoms with Gasteiger partial charge in [-0.05, 0) is 44.8 Å². The van der Waals surface area contributed by atoms with E-state index in [1.807, 2.05) is 0 Å². The van der Waals surface area contributed by atoms with Gasteiger partial charge in [0.15, 0.2) is 0 Å². The maximum Gasteiger partial charge on any atom is 0.211 e. The van der Waals surface area contributed by atoms with Crippen LogP contribution in [0.25, 0.3) is 0 Å². The summed E-state index contributed by atoms with van der Waals surface area (Å²) in [6.45, 7) is 5.84.